The van der Waals surface area contributed by atoms with Crippen molar-refractivity contribution in [2.45, 2.75) is 19.9 Å². The molecule has 6 heteroatoms. The SMILES string of the molecule is CCNC(=NCCc1cnn(C)c1)N(C)Cc1ccccc1Cl. The molecule has 1 heterocycles. The summed E-state index contributed by atoms with van der Waals surface area (Å²) in [6.45, 7) is 4.35. The van der Waals surface area contributed by atoms with E-state index in [2.05, 4.69) is 22.2 Å². The monoisotopic (exact) mass is 333 g/mol. The van der Waals surface area contributed by atoms with Gasteiger partial charge in [-0.2, -0.15) is 5.10 Å². The number of aliphatic imine (C=N–C) groups is 1. The molecule has 0 saturated heterocycles. The average molecular weight is 334 g/mol. The minimum absolute atomic E-state index is 0.721. The highest BCUT2D eigenvalue weighted by Crippen LogP contribution is 2.16. The van der Waals surface area contributed by atoms with Gasteiger partial charge in [0.1, 0.15) is 0 Å². The zero-order valence-electron chi connectivity index (χ0n) is 14.0. The van der Waals surface area contributed by atoms with Gasteiger partial charge in [-0.15, -0.1) is 0 Å². The highest BCUT2D eigenvalue weighted by atomic mass is 35.5. The Morgan fingerprint density at radius 2 is 2.17 bits per heavy atom. The molecule has 1 aromatic carbocycles. The maximum atomic E-state index is 6.24. The van der Waals surface area contributed by atoms with Crippen LogP contribution in [0.3, 0.4) is 0 Å². The van der Waals surface area contributed by atoms with E-state index < -0.39 is 0 Å². The van der Waals surface area contributed by atoms with Gasteiger partial charge >= 0.3 is 0 Å². The fourth-order valence-corrected chi connectivity index (χ4v) is 2.51. The Labute approximate surface area is 143 Å². The molecule has 2 rings (SSSR count). The third kappa shape index (κ3) is 5.28. The zero-order chi connectivity index (χ0) is 16.7. The maximum absolute atomic E-state index is 6.24. The first kappa shape index (κ1) is 17.3. The molecule has 23 heavy (non-hydrogen) atoms. The van der Waals surface area contributed by atoms with Crippen molar-refractivity contribution in [3.05, 3.63) is 52.8 Å². The van der Waals surface area contributed by atoms with Gasteiger partial charge in [0.05, 0.1) is 6.20 Å². The minimum Gasteiger partial charge on any atom is -0.357 e. The predicted molar refractivity (Wildman–Crippen MR) is 95.8 cm³/mol. The van der Waals surface area contributed by atoms with E-state index in [9.17, 15) is 0 Å². The van der Waals surface area contributed by atoms with Gasteiger partial charge in [0.15, 0.2) is 5.96 Å². The molecule has 124 valence electrons. The molecular formula is C17H24ClN5. The summed E-state index contributed by atoms with van der Waals surface area (Å²) in [7, 11) is 3.95. The summed E-state index contributed by atoms with van der Waals surface area (Å²) in [6, 6.07) is 7.90. The lowest BCUT2D eigenvalue weighted by molar-refractivity contribution is 0.477. The van der Waals surface area contributed by atoms with Crippen molar-refractivity contribution >= 4 is 17.6 Å². The molecule has 1 aromatic heterocycles. The Balaban J connectivity index is 1.98. The Kier molecular flexibility index (Phi) is 6.47. The van der Waals surface area contributed by atoms with Crippen LogP contribution in [0.1, 0.15) is 18.1 Å². The summed E-state index contributed by atoms with van der Waals surface area (Å²) >= 11 is 6.24. The van der Waals surface area contributed by atoms with E-state index in [1.165, 1.54) is 5.56 Å². The molecule has 1 N–H and O–H groups in total. The molecule has 5 nitrogen and oxygen atoms in total. The van der Waals surface area contributed by atoms with E-state index in [1.54, 1.807) is 0 Å². The van der Waals surface area contributed by atoms with Gasteiger partial charge in [-0.1, -0.05) is 29.8 Å². The zero-order valence-corrected chi connectivity index (χ0v) is 14.7. The van der Waals surface area contributed by atoms with E-state index in [-0.39, 0.29) is 0 Å². The number of hydrogen-bond acceptors (Lipinski definition) is 2. The smallest absolute Gasteiger partial charge is 0.193 e. The molecule has 2 aromatic rings. The Morgan fingerprint density at radius 1 is 1.39 bits per heavy atom. The number of nitrogens with one attached hydrogen (secondary N) is 1. The molecule has 0 radical (unpaired) electrons. The highest BCUT2D eigenvalue weighted by molar-refractivity contribution is 6.31. The van der Waals surface area contributed by atoms with Crippen LogP contribution in [0.4, 0.5) is 0 Å². The first-order valence-corrected chi connectivity index (χ1v) is 8.18. The van der Waals surface area contributed by atoms with Gasteiger partial charge in [-0.3, -0.25) is 9.67 Å². The van der Waals surface area contributed by atoms with Crippen LogP contribution in [-0.4, -0.2) is 40.8 Å². The fraction of sp³-hybridized carbons (Fsp3) is 0.412. The Bertz CT molecular complexity index is 650. The second-order valence-electron chi connectivity index (χ2n) is 5.46. The van der Waals surface area contributed by atoms with Crippen LogP contribution < -0.4 is 5.32 Å². The van der Waals surface area contributed by atoms with Gasteiger partial charge in [-0.25, -0.2) is 0 Å². The predicted octanol–water partition coefficient (Wildman–Crippen LogP) is 2.71. The lowest BCUT2D eigenvalue weighted by Gasteiger charge is -2.22. The second-order valence-corrected chi connectivity index (χ2v) is 5.86. The van der Waals surface area contributed by atoms with Gasteiger partial charge in [-0.05, 0) is 30.5 Å². The molecule has 0 spiro atoms. The normalized spacial score (nSPS) is 11.6. The largest absolute Gasteiger partial charge is 0.357 e. The van der Waals surface area contributed by atoms with Gasteiger partial charge in [0.25, 0.3) is 0 Å². The summed E-state index contributed by atoms with van der Waals surface area (Å²) in [4.78, 5) is 6.79. The van der Waals surface area contributed by atoms with Crippen molar-refractivity contribution in [2.75, 3.05) is 20.1 Å². The lowest BCUT2D eigenvalue weighted by Crippen LogP contribution is -2.38. The molecule has 0 fully saturated rings. The number of halogens is 1. The first-order chi connectivity index (χ1) is 11.1. The number of aromatic nitrogens is 2. The van der Waals surface area contributed by atoms with E-state index in [4.69, 9.17) is 16.6 Å². The van der Waals surface area contributed by atoms with Crippen molar-refractivity contribution in [2.24, 2.45) is 12.0 Å². The van der Waals surface area contributed by atoms with Gasteiger partial charge in [0.2, 0.25) is 0 Å². The summed E-state index contributed by atoms with van der Waals surface area (Å²) in [5, 5.41) is 8.29. The van der Waals surface area contributed by atoms with Crippen molar-refractivity contribution in [3.63, 3.8) is 0 Å². The Hall–Kier alpha value is -2.01. The van der Waals surface area contributed by atoms with Crippen molar-refractivity contribution in [1.29, 1.82) is 0 Å². The number of guanidine groups is 1. The molecule has 0 aliphatic rings. The number of hydrogen-bond donors (Lipinski definition) is 1. The van der Waals surface area contributed by atoms with E-state index in [0.717, 1.165) is 42.6 Å². The van der Waals surface area contributed by atoms with Crippen LogP contribution >= 0.6 is 11.6 Å². The van der Waals surface area contributed by atoms with Gasteiger partial charge < -0.3 is 10.2 Å². The second kappa shape index (κ2) is 8.58. The summed E-state index contributed by atoms with van der Waals surface area (Å²) in [6.07, 6.45) is 4.79. The van der Waals surface area contributed by atoms with Crippen LogP contribution in [0.5, 0.6) is 0 Å². The van der Waals surface area contributed by atoms with Gasteiger partial charge in [0, 0.05) is 44.9 Å². The number of aryl methyl sites for hydroxylation is 1. The molecule has 0 aliphatic heterocycles. The minimum atomic E-state index is 0.721. The van der Waals surface area contributed by atoms with E-state index >= 15 is 0 Å². The summed E-state index contributed by atoms with van der Waals surface area (Å²) < 4.78 is 1.81. The van der Waals surface area contributed by atoms with Crippen LogP contribution in [0, 0.1) is 0 Å². The molecule has 0 amide bonds. The molecule has 0 atom stereocenters. The fourth-order valence-electron chi connectivity index (χ4n) is 2.32. The maximum Gasteiger partial charge on any atom is 0.193 e. The molecule has 0 saturated carbocycles. The van der Waals surface area contributed by atoms with Crippen molar-refractivity contribution in [3.8, 4) is 0 Å². The van der Waals surface area contributed by atoms with E-state index in [0.29, 0.717) is 0 Å². The van der Waals surface area contributed by atoms with Crippen LogP contribution in [0.25, 0.3) is 0 Å². The number of nitrogens with zero attached hydrogens (tertiary/aromatic N) is 4. The topological polar surface area (TPSA) is 45.5 Å². The first-order valence-electron chi connectivity index (χ1n) is 7.80. The third-order valence-corrected chi connectivity index (χ3v) is 3.85. The lowest BCUT2D eigenvalue weighted by atomic mass is 10.2. The van der Waals surface area contributed by atoms with E-state index in [1.807, 2.05) is 55.4 Å². The number of rotatable bonds is 6. The average Bonchev–Trinajstić information content (AvgIpc) is 2.94. The molecule has 0 unspecified atom stereocenters. The molecule has 0 aliphatic carbocycles. The highest BCUT2D eigenvalue weighted by Gasteiger charge is 2.08. The molecule has 0 bridgehead atoms. The standard InChI is InChI=1S/C17H24ClN5/c1-4-19-17(20-10-9-14-11-21-23(3)12-14)22(2)13-15-7-5-6-8-16(15)18/h5-8,11-12H,4,9-10,13H2,1-3H3,(H,19,20). The van der Waals surface area contributed by atoms with Crippen molar-refractivity contribution < 1.29 is 0 Å². The van der Waals surface area contributed by atoms with Crippen LogP contribution in [-0.2, 0) is 20.0 Å². The van der Waals surface area contributed by atoms with Crippen LogP contribution in [0.2, 0.25) is 5.02 Å². The quantitative estimate of drug-likeness (QED) is 0.653. The van der Waals surface area contributed by atoms with Crippen molar-refractivity contribution in [1.82, 2.24) is 20.0 Å². The summed E-state index contributed by atoms with van der Waals surface area (Å²) in [5.74, 6) is 0.885. The third-order valence-electron chi connectivity index (χ3n) is 3.48. The molecular weight excluding hydrogens is 310 g/mol. The Morgan fingerprint density at radius 3 is 2.83 bits per heavy atom. The number of benzene rings is 1. The van der Waals surface area contributed by atoms with Crippen LogP contribution in [0.15, 0.2) is 41.7 Å². The summed E-state index contributed by atoms with van der Waals surface area (Å²) in [5.41, 5.74) is 2.29.